The SMILES string of the molecule is CC(C)c1ccc2[nH]c(O)c(N=NC(=S)Nc3ccccc3[N+](=O)[O-])c2c1. The molecule has 0 saturated heterocycles. The number of fused-ring (bicyclic) bond motifs is 1. The number of hydrogen-bond acceptors (Lipinski definition) is 5. The van der Waals surface area contributed by atoms with Crippen LogP contribution in [0.15, 0.2) is 52.7 Å². The largest absolute Gasteiger partial charge is 0.493 e. The molecule has 0 fully saturated rings. The van der Waals surface area contributed by atoms with Crippen molar-refractivity contribution < 1.29 is 10.0 Å². The van der Waals surface area contributed by atoms with Crippen molar-refractivity contribution in [2.24, 2.45) is 10.2 Å². The Kier molecular flexibility index (Phi) is 5.13. The molecule has 0 amide bonds. The number of hydrogen-bond donors (Lipinski definition) is 3. The lowest BCUT2D eigenvalue weighted by molar-refractivity contribution is -0.383. The van der Waals surface area contributed by atoms with Crippen LogP contribution >= 0.6 is 12.2 Å². The molecule has 2 aromatic carbocycles. The molecule has 0 bridgehead atoms. The third-order valence-electron chi connectivity index (χ3n) is 4.03. The molecule has 0 atom stereocenters. The van der Waals surface area contributed by atoms with Crippen LogP contribution in [0.5, 0.6) is 5.88 Å². The first-order valence-electron chi connectivity index (χ1n) is 8.17. The van der Waals surface area contributed by atoms with Gasteiger partial charge < -0.3 is 15.4 Å². The summed E-state index contributed by atoms with van der Waals surface area (Å²) < 4.78 is 0. The standard InChI is InChI=1S/C18H17N5O3S/c1-10(2)11-7-8-13-12(9-11)16(17(24)19-13)21-22-18(27)20-14-5-3-4-6-15(14)23(25)26/h3-10,19,24H,1-2H3,(H,20,27). The van der Waals surface area contributed by atoms with E-state index in [0.29, 0.717) is 5.92 Å². The summed E-state index contributed by atoms with van der Waals surface area (Å²) in [5.74, 6) is 0.195. The zero-order valence-electron chi connectivity index (χ0n) is 14.6. The molecule has 0 spiro atoms. The van der Waals surface area contributed by atoms with E-state index in [9.17, 15) is 15.2 Å². The summed E-state index contributed by atoms with van der Waals surface area (Å²) >= 11 is 5.10. The summed E-state index contributed by atoms with van der Waals surface area (Å²) in [5, 5.41) is 32.5. The number of nitro groups is 1. The first-order valence-corrected chi connectivity index (χ1v) is 8.58. The highest BCUT2D eigenvalue weighted by Gasteiger charge is 2.14. The summed E-state index contributed by atoms with van der Waals surface area (Å²) in [5.41, 5.74) is 2.18. The van der Waals surface area contributed by atoms with Crippen molar-refractivity contribution >= 4 is 45.3 Å². The number of benzene rings is 2. The van der Waals surface area contributed by atoms with Gasteiger partial charge in [-0.3, -0.25) is 10.1 Å². The number of azo groups is 1. The lowest BCUT2D eigenvalue weighted by Gasteiger charge is -2.05. The Hall–Kier alpha value is -3.33. The van der Waals surface area contributed by atoms with Crippen LogP contribution in [0.25, 0.3) is 10.9 Å². The van der Waals surface area contributed by atoms with Gasteiger partial charge in [0, 0.05) is 11.5 Å². The van der Waals surface area contributed by atoms with E-state index in [-0.39, 0.29) is 28.1 Å². The monoisotopic (exact) mass is 383 g/mol. The Balaban J connectivity index is 1.88. The molecule has 0 unspecified atom stereocenters. The van der Waals surface area contributed by atoms with Crippen LogP contribution in [0.2, 0.25) is 0 Å². The second kappa shape index (κ2) is 7.50. The summed E-state index contributed by atoms with van der Waals surface area (Å²) in [4.78, 5) is 13.4. The number of anilines is 1. The van der Waals surface area contributed by atoms with Crippen molar-refractivity contribution in [1.82, 2.24) is 4.98 Å². The number of aromatic nitrogens is 1. The number of rotatable bonds is 4. The van der Waals surface area contributed by atoms with E-state index in [4.69, 9.17) is 12.2 Å². The van der Waals surface area contributed by atoms with Crippen molar-refractivity contribution in [1.29, 1.82) is 0 Å². The summed E-state index contributed by atoms with van der Waals surface area (Å²) in [6.07, 6.45) is 0. The highest BCUT2D eigenvalue weighted by Crippen LogP contribution is 2.37. The molecular formula is C18H17N5O3S. The number of nitrogens with zero attached hydrogens (tertiary/aromatic N) is 3. The van der Waals surface area contributed by atoms with Crippen LogP contribution in [0.4, 0.5) is 17.1 Å². The van der Waals surface area contributed by atoms with Gasteiger partial charge in [0.2, 0.25) is 11.0 Å². The molecule has 1 heterocycles. The normalized spacial score (nSPS) is 11.4. The molecule has 0 saturated carbocycles. The van der Waals surface area contributed by atoms with Crippen LogP contribution in [0.3, 0.4) is 0 Å². The zero-order valence-corrected chi connectivity index (χ0v) is 15.4. The van der Waals surface area contributed by atoms with Gasteiger partial charge in [-0.2, -0.15) is 0 Å². The van der Waals surface area contributed by atoms with Gasteiger partial charge in [0.25, 0.3) is 5.69 Å². The van der Waals surface area contributed by atoms with Gasteiger partial charge in [-0.15, -0.1) is 10.2 Å². The average Bonchev–Trinajstić information content (AvgIpc) is 2.94. The molecule has 1 aromatic heterocycles. The zero-order chi connectivity index (χ0) is 19.6. The fraction of sp³-hybridized carbons (Fsp3) is 0.167. The molecule has 3 rings (SSSR count). The number of nitrogens with one attached hydrogen (secondary N) is 2. The predicted molar refractivity (Wildman–Crippen MR) is 108 cm³/mol. The Morgan fingerprint density at radius 1 is 1.30 bits per heavy atom. The van der Waals surface area contributed by atoms with Crippen LogP contribution in [0, 0.1) is 10.1 Å². The van der Waals surface area contributed by atoms with E-state index >= 15 is 0 Å². The van der Waals surface area contributed by atoms with E-state index in [1.165, 1.54) is 12.1 Å². The molecule has 0 aliphatic carbocycles. The number of aromatic hydroxyl groups is 1. The van der Waals surface area contributed by atoms with Crippen LogP contribution in [0.1, 0.15) is 25.3 Å². The van der Waals surface area contributed by atoms with E-state index in [1.807, 2.05) is 18.2 Å². The summed E-state index contributed by atoms with van der Waals surface area (Å²) in [7, 11) is 0. The second-order valence-corrected chi connectivity index (χ2v) is 6.57. The van der Waals surface area contributed by atoms with Gasteiger partial charge in [0.1, 0.15) is 5.69 Å². The molecule has 3 aromatic rings. The van der Waals surface area contributed by atoms with Gasteiger partial charge in [-0.1, -0.05) is 32.0 Å². The van der Waals surface area contributed by atoms with Gasteiger partial charge in [-0.25, -0.2) is 0 Å². The lowest BCUT2D eigenvalue weighted by Crippen LogP contribution is -2.07. The Bertz CT molecular complexity index is 1060. The lowest BCUT2D eigenvalue weighted by atomic mass is 10.0. The Labute approximate surface area is 160 Å². The van der Waals surface area contributed by atoms with Crippen molar-refractivity contribution in [2.75, 3.05) is 5.32 Å². The fourth-order valence-electron chi connectivity index (χ4n) is 2.62. The number of nitro benzene ring substituents is 1. The molecule has 3 N–H and O–H groups in total. The minimum absolute atomic E-state index is 0.0573. The van der Waals surface area contributed by atoms with Gasteiger partial charge in [0.05, 0.1) is 10.4 Å². The molecule has 8 nitrogen and oxygen atoms in total. The first kappa shape index (κ1) is 18.5. The van der Waals surface area contributed by atoms with Crippen LogP contribution in [-0.4, -0.2) is 20.1 Å². The van der Waals surface area contributed by atoms with Crippen molar-refractivity contribution in [3.05, 3.63) is 58.1 Å². The van der Waals surface area contributed by atoms with E-state index in [0.717, 1.165) is 16.5 Å². The third kappa shape index (κ3) is 3.93. The summed E-state index contributed by atoms with van der Waals surface area (Å²) in [6, 6.07) is 11.9. The summed E-state index contributed by atoms with van der Waals surface area (Å²) in [6.45, 7) is 4.14. The van der Waals surface area contributed by atoms with Crippen molar-refractivity contribution in [2.45, 2.75) is 19.8 Å². The minimum Gasteiger partial charge on any atom is -0.493 e. The van der Waals surface area contributed by atoms with Crippen molar-refractivity contribution in [3.8, 4) is 5.88 Å². The van der Waals surface area contributed by atoms with Crippen LogP contribution < -0.4 is 5.32 Å². The third-order valence-corrected chi connectivity index (χ3v) is 4.21. The molecule has 27 heavy (non-hydrogen) atoms. The minimum atomic E-state index is -0.513. The van der Waals surface area contributed by atoms with E-state index in [1.54, 1.807) is 12.1 Å². The Morgan fingerprint density at radius 2 is 2.04 bits per heavy atom. The maximum absolute atomic E-state index is 11.1. The molecule has 0 radical (unpaired) electrons. The van der Waals surface area contributed by atoms with Gasteiger partial charge in [0.15, 0.2) is 5.69 Å². The molecular weight excluding hydrogens is 366 g/mol. The quantitative estimate of drug-likeness (QED) is 0.242. The average molecular weight is 383 g/mol. The van der Waals surface area contributed by atoms with Gasteiger partial charge in [-0.05, 0) is 41.9 Å². The molecule has 0 aliphatic heterocycles. The highest BCUT2D eigenvalue weighted by molar-refractivity contribution is 7.80. The predicted octanol–water partition coefficient (Wildman–Crippen LogP) is 5.39. The number of thiocarbonyl (C=S) groups is 1. The van der Waals surface area contributed by atoms with Crippen LogP contribution in [-0.2, 0) is 0 Å². The van der Waals surface area contributed by atoms with E-state index in [2.05, 4.69) is 34.4 Å². The van der Waals surface area contributed by atoms with Gasteiger partial charge >= 0.3 is 0 Å². The fourth-order valence-corrected chi connectivity index (χ4v) is 2.77. The molecule has 0 aliphatic rings. The van der Waals surface area contributed by atoms with E-state index < -0.39 is 4.92 Å². The topological polar surface area (TPSA) is 116 Å². The Morgan fingerprint density at radius 3 is 2.74 bits per heavy atom. The molecule has 9 heteroatoms. The first-order chi connectivity index (χ1) is 12.9. The van der Waals surface area contributed by atoms with Crippen molar-refractivity contribution in [3.63, 3.8) is 0 Å². The molecule has 138 valence electrons. The number of para-hydroxylation sites is 2. The second-order valence-electron chi connectivity index (χ2n) is 6.19. The maximum atomic E-state index is 11.1. The number of H-pyrrole nitrogens is 1. The maximum Gasteiger partial charge on any atom is 0.292 e. The smallest absolute Gasteiger partial charge is 0.292 e. The highest BCUT2D eigenvalue weighted by atomic mass is 32.1. The number of aromatic amines is 1.